The minimum Gasteiger partial charge on any atom is -0.392 e. The molecular weight excluding hydrogens is 200 g/mol. The molecule has 16 heavy (non-hydrogen) atoms. The maximum Gasteiger partial charge on any atom is 0.0649 e. The largest absolute Gasteiger partial charge is 0.392 e. The third-order valence-corrected chi connectivity index (χ3v) is 3.37. The molecule has 0 aliphatic rings. The van der Waals surface area contributed by atoms with E-state index >= 15 is 0 Å². The maximum atomic E-state index is 10.3. The number of aromatic nitrogens is 1. The van der Waals surface area contributed by atoms with Crippen LogP contribution in [0.25, 0.3) is 0 Å². The first kappa shape index (κ1) is 13.1. The molecule has 0 saturated carbocycles. The van der Waals surface area contributed by atoms with E-state index < -0.39 is 6.10 Å². The van der Waals surface area contributed by atoms with Crippen molar-refractivity contribution in [3.8, 4) is 0 Å². The summed E-state index contributed by atoms with van der Waals surface area (Å²) >= 11 is 0. The maximum absolute atomic E-state index is 10.3. The van der Waals surface area contributed by atoms with Crippen molar-refractivity contribution in [3.63, 3.8) is 0 Å². The van der Waals surface area contributed by atoms with E-state index in [-0.39, 0.29) is 11.8 Å². The van der Waals surface area contributed by atoms with Crippen LogP contribution in [-0.4, -0.2) is 22.7 Å². The molecule has 0 aliphatic heterocycles. The van der Waals surface area contributed by atoms with Gasteiger partial charge in [0.05, 0.1) is 6.10 Å². The Morgan fingerprint density at radius 3 is 2.50 bits per heavy atom. The van der Waals surface area contributed by atoms with Crippen LogP contribution in [0.3, 0.4) is 0 Å². The number of rotatable bonds is 5. The normalized spacial score (nSPS) is 17.1. The second-order valence-corrected chi connectivity index (χ2v) is 4.72. The van der Waals surface area contributed by atoms with Gasteiger partial charge in [-0.2, -0.15) is 0 Å². The van der Waals surface area contributed by atoms with E-state index in [4.69, 9.17) is 5.73 Å². The SMILES string of the molecule is CC(C)C(C)C(O)C(CN)c1cccnc1. The lowest BCUT2D eigenvalue weighted by Gasteiger charge is -2.29. The third-order valence-electron chi connectivity index (χ3n) is 3.37. The van der Waals surface area contributed by atoms with E-state index in [1.807, 2.05) is 12.1 Å². The molecule has 3 heteroatoms. The third kappa shape index (κ3) is 3.03. The lowest BCUT2D eigenvalue weighted by molar-refractivity contribution is 0.0683. The van der Waals surface area contributed by atoms with Crippen LogP contribution in [0.2, 0.25) is 0 Å². The summed E-state index contributed by atoms with van der Waals surface area (Å²) in [5.74, 6) is 0.653. The van der Waals surface area contributed by atoms with E-state index in [0.29, 0.717) is 12.5 Å². The first-order chi connectivity index (χ1) is 7.57. The van der Waals surface area contributed by atoms with Gasteiger partial charge in [-0.05, 0) is 23.5 Å². The molecule has 3 atom stereocenters. The summed E-state index contributed by atoms with van der Waals surface area (Å²) in [6.45, 7) is 6.74. The van der Waals surface area contributed by atoms with Gasteiger partial charge < -0.3 is 10.8 Å². The number of nitrogens with zero attached hydrogens (tertiary/aromatic N) is 1. The number of hydrogen-bond acceptors (Lipinski definition) is 3. The van der Waals surface area contributed by atoms with Gasteiger partial charge >= 0.3 is 0 Å². The van der Waals surface area contributed by atoms with Gasteiger partial charge in [-0.15, -0.1) is 0 Å². The van der Waals surface area contributed by atoms with Crippen LogP contribution in [0, 0.1) is 11.8 Å². The van der Waals surface area contributed by atoms with Crippen molar-refractivity contribution in [1.29, 1.82) is 0 Å². The highest BCUT2D eigenvalue weighted by molar-refractivity contribution is 5.17. The minimum atomic E-state index is -0.408. The van der Waals surface area contributed by atoms with Gasteiger partial charge in [0.15, 0.2) is 0 Å². The van der Waals surface area contributed by atoms with E-state index in [9.17, 15) is 5.11 Å². The molecule has 0 bridgehead atoms. The molecule has 3 unspecified atom stereocenters. The molecule has 0 aromatic carbocycles. The van der Waals surface area contributed by atoms with Crippen molar-refractivity contribution in [2.24, 2.45) is 17.6 Å². The number of hydrogen-bond donors (Lipinski definition) is 2. The lowest BCUT2D eigenvalue weighted by atomic mass is 9.82. The summed E-state index contributed by atoms with van der Waals surface area (Å²) in [6, 6.07) is 3.85. The van der Waals surface area contributed by atoms with Crippen LogP contribution in [0.5, 0.6) is 0 Å². The van der Waals surface area contributed by atoms with Gasteiger partial charge in [0.2, 0.25) is 0 Å². The topological polar surface area (TPSA) is 59.1 Å². The Hall–Kier alpha value is -0.930. The van der Waals surface area contributed by atoms with Crippen molar-refractivity contribution < 1.29 is 5.11 Å². The average Bonchev–Trinajstić information content (AvgIpc) is 2.30. The number of aliphatic hydroxyl groups is 1. The quantitative estimate of drug-likeness (QED) is 0.798. The molecule has 1 aromatic rings. The Morgan fingerprint density at radius 2 is 2.06 bits per heavy atom. The highest BCUT2D eigenvalue weighted by Crippen LogP contribution is 2.26. The van der Waals surface area contributed by atoms with Crippen LogP contribution in [0.4, 0.5) is 0 Å². The predicted molar refractivity (Wildman–Crippen MR) is 66.0 cm³/mol. The Morgan fingerprint density at radius 1 is 1.38 bits per heavy atom. The van der Waals surface area contributed by atoms with Crippen LogP contribution in [-0.2, 0) is 0 Å². The number of pyridine rings is 1. The van der Waals surface area contributed by atoms with Gasteiger partial charge in [-0.25, -0.2) is 0 Å². The van der Waals surface area contributed by atoms with Gasteiger partial charge in [-0.1, -0.05) is 26.8 Å². The molecule has 1 aromatic heterocycles. The van der Waals surface area contributed by atoms with Crippen molar-refractivity contribution in [2.75, 3.05) is 6.54 Å². The standard InChI is InChI=1S/C13H22N2O/c1-9(2)10(3)13(16)12(7-14)11-5-4-6-15-8-11/h4-6,8-10,12-13,16H,7,14H2,1-3H3. The minimum absolute atomic E-state index is 0.0221. The Labute approximate surface area is 97.7 Å². The van der Waals surface area contributed by atoms with Crippen LogP contribution < -0.4 is 5.73 Å². The number of aliphatic hydroxyl groups excluding tert-OH is 1. The highest BCUT2D eigenvalue weighted by atomic mass is 16.3. The van der Waals surface area contributed by atoms with E-state index in [1.54, 1.807) is 12.4 Å². The molecule has 1 rings (SSSR count). The molecule has 1 heterocycles. The Bertz CT molecular complexity index is 300. The molecule has 90 valence electrons. The fourth-order valence-electron chi connectivity index (χ4n) is 1.83. The molecule has 0 fully saturated rings. The summed E-state index contributed by atoms with van der Waals surface area (Å²) in [6.07, 6.45) is 3.11. The fraction of sp³-hybridized carbons (Fsp3) is 0.615. The smallest absolute Gasteiger partial charge is 0.0649 e. The first-order valence-electron chi connectivity index (χ1n) is 5.86. The molecule has 0 radical (unpaired) electrons. The fourth-order valence-corrected chi connectivity index (χ4v) is 1.83. The van der Waals surface area contributed by atoms with Crippen LogP contribution >= 0.6 is 0 Å². The average molecular weight is 222 g/mol. The van der Waals surface area contributed by atoms with Crippen molar-refractivity contribution >= 4 is 0 Å². The second kappa shape index (κ2) is 5.97. The van der Waals surface area contributed by atoms with Crippen molar-refractivity contribution in [1.82, 2.24) is 4.98 Å². The summed E-state index contributed by atoms with van der Waals surface area (Å²) in [7, 11) is 0. The second-order valence-electron chi connectivity index (χ2n) is 4.72. The van der Waals surface area contributed by atoms with Crippen LogP contribution in [0.1, 0.15) is 32.3 Å². The van der Waals surface area contributed by atoms with Gasteiger partial charge in [0.1, 0.15) is 0 Å². The molecule has 0 saturated heterocycles. The summed E-state index contributed by atoms with van der Waals surface area (Å²) < 4.78 is 0. The van der Waals surface area contributed by atoms with E-state index in [2.05, 4.69) is 25.8 Å². The zero-order valence-corrected chi connectivity index (χ0v) is 10.3. The zero-order chi connectivity index (χ0) is 12.1. The molecule has 0 aliphatic carbocycles. The van der Waals surface area contributed by atoms with Gasteiger partial charge in [-0.3, -0.25) is 4.98 Å². The molecule has 0 spiro atoms. The summed E-state index contributed by atoms with van der Waals surface area (Å²) in [5, 5.41) is 10.3. The molecular formula is C13H22N2O. The molecule has 3 N–H and O–H groups in total. The van der Waals surface area contributed by atoms with Gasteiger partial charge in [0.25, 0.3) is 0 Å². The predicted octanol–water partition coefficient (Wildman–Crippen LogP) is 1.78. The van der Waals surface area contributed by atoms with E-state index in [1.165, 1.54) is 0 Å². The Balaban J connectivity index is 2.83. The van der Waals surface area contributed by atoms with Crippen LogP contribution in [0.15, 0.2) is 24.5 Å². The number of nitrogens with two attached hydrogens (primary N) is 1. The summed E-state index contributed by atoms with van der Waals surface area (Å²) in [5.41, 5.74) is 6.77. The van der Waals surface area contributed by atoms with E-state index in [0.717, 1.165) is 5.56 Å². The molecule has 3 nitrogen and oxygen atoms in total. The lowest BCUT2D eigenvalue weighted by Crippen LogP contribution is -2.33. The summed E-state index contributed by atoms with van der Waals surface area (Å²) in [4.78, 5) is 4.07. The first-order valence-corrected chi connectivity index (χ1v) is 5.86. The monoisotopic (exact) mass is 222 g/mol. The van der Waals surface area contributed by atoms with Crippen molar-refractivity contribution in [3.05, 3.63) is 30.1 Å². The van der Waals surface area contributed by atoms with Crippen molar-refractivity contribution in [2.45, 2.75) is 32.8 Å². The zero-order valence-electron chi connectivity index (χ0n) is 10.3. The molecule has 0 amide bonds. The Kier molecular flexibility index (Phi) is 4.90. The van der Waals surface area contributed by atoms with Gasteiger partial charge in [0, 0.05) is 24.9 Å². The highest BCUT2D eigenvalue weighted by Gasteiger charge is 2.26.